The zero-order valence-electron chi connectivity index (χ0n) is 18.1. The number of aryl methyl sites for hydroxylation is 2. The molecule has 9 heteroatoms. The summed E-state index contributed by atoms with van der Waals surface area (Å²) in [4.78, 5) is 17.5. The molecule has 0 fully saturated rings. The van der Waals surface area contributed by atoms with Gasteiger partial charge in [0, 0.05) is 30.4 Å². The molecule has 3 rings (SSSR count). The van der Waals surface area contributed by atoms with Crippen LogP contribution in [0.15, 0.2) is 75.6 Å². The molecule has 3 aromatic rings. The topological polar surface area (TPSA) is 97.4 Å². The molecule has 1 amide bonds. The summed E-state index contributed by atoms with van der Waals surface area (Å²) in [6.45, 7) is 4.52. The van der Waals surface area contributed by atoms with Crippen molar-refractivity contribution in [2.75, 3.05) is 25.0 Å². The Balaban J connectivity index is 1.63. The van der Waals surface area contributed by atoms with E-state index in [9.17, 15) is 13.2 Å². The third kappa shape index (κ3) is 6.32. The fourth-order valence-electron chi connectivity index (χ4n) is 2.86. The van der Waals surface area contributed by atoms with Crippen LogP contribution in [0.4, 0.5) is 5.69 Å². The number of hydrogen-bond donors (Lipinski definition) is 2. The summed E-state index contributed by atoms with van der Waals surface area (Å²) >= 11 is 1.42. The Morgan fingerprint density at radius 2 is 1.81 bits per heavy atom. The molecule has 0 saturated carbocycles. The molecule has 0 spiro atoms. The number of rotatable bonds is 9. The van der Waals surface area contributed by atoms with Crippen molar-refractivity contribution in [2.24, 2.45) is 0 Å². The van der Waals surface area contributed by atoms with Gasteiger partial charge in [0.1, 0.15) is 5.03 Å². The van der Waals surface area contributed by atoms with Crippen molar-refractivity contribution < 1.29 is 17.9 Å². The fourth-order valence-corrected chi connectivity index (χ4v) is 5.01. The van der Waals surface area contributed by atoms with Gasteiger partial charge in [0.2, 0.25) is 0 Å². The maximum atomic E-state index is 12.8. The van der Waals surface area contributed by atoms with Crippen molar-refractivity contribution >= 4 is 33.4 Å². The Hall–Kier alpha value is -2.88. The third-order valence-electron chi connectivity index (χ3n) is 4.55. The molecule has 1 heterocycles. The number of methoxy groups -OCH3 is 1. The van der Waals surface area contributed by atoms with E-state index < -0.39 is 10.0 Å². The molecule has 1 aromatic heterocycles. The van der Waals surface area contributed by atoms with E-state index in [1.165, 1.54) is 18.0 Å². The number of ether oxygens (including phenoxy) is 1. The highest BCUT2D eigenvalue weighted by molar-refractivity contribution is 7.99. The molecule has 0 saturated heterocycles. The minimum Gasteiger partial charge on any atom is -0.383 e. The normalized spacial score (nSPS) is 11.2. The molecule has 168 valence electrons. The van der Waals surface area contributed by atoms with E-state index in [-0.39, 0.29) is 10.8 Å². The van der Waals surface area contributed by atoms with Crippen LogP contribution >= 0.6 is 11.8 Å². The Kier molecular flexibility index (Phi) is 7.89. The standard InChI is InChI=1S/C23H25N3O4S2/c1-16-4-5-17(2)21(14-16)32(28,29)26-19-7-9-20(10-8-19)31-22-11-6-18(15-25-22)23(27)24-12-13-30-3/h4-11,14-15,26H,12-13H2,1-3H3,(H,24,27). The van der Waals surface area contributed by atoms with E-state index in [1.54, 1.807) is 50.4 Å². The second kappa shape index (κ2) is 10.6. The molecular formula is C23H25N3O4S2. The van der Waals surface area contributed by atoms with E-state index in [2.05, 4.69) is 15.0 Å². The average molecular weight is 472 g/mol. The van der Waals surface area contributed by atoms with Crippen molar-refractivity contribution in [3.8, 4) is 0 Å². The summed E-state index contributed by atoms with van der Waals surface area (Å²) < 4.78 is 33.0. The van der Waals surface area contributed by atoms with Gasteiger partial charge in [0.25, 0.3) is 15.9 Å². The summed E-state index contributed by atoms with van der Waals surface area (Å²) in [5.41, 5.74) is 2.53. The first-order valence-electron chi connectivity index (χ1n) is 9.89. The number of amides is 1. The van der Waals surface area contributed by atoms with Crippen LogP contribution < -0.4 is 10.0 Å². The predicted molar refractivity (Wildman–Crippen MR) is 126 cm³/mol. The summed E-state index contributed by atoms with van der Waals surface area (Å²) in [5.74, 6) is -0.202. The molecule has 7 nitrogen and oxygen atoms in total. The predicted octanol–water partition coefficient (Wildman–Crippen LogP) is 4.03. The number of benzene rings is 2. The maximum Gasteiger partial charge on any atom is 0.262 e. The second-order valence-electron chi connectivity index (χ2n) is 7.13. The first-order chi connectivity index (χ1) is 15.3. The number of hydrogen-bond acceptors (Lipinski definition) is 6. The zero-order valence-corrected chi connectivity index (χ0v) is 19.7. The SMILES string of the molecule is COCCNC(=O)c1ccc(Sc2ccc(NS(=O)(=O)c3cc(C)ccc3C)cc2)nc1. The molecule has 0 radical (unpaired) electrons. The molecule has 0 bridgehead atoms. The molecule has 0 aliphatic heterocycles. The van der Waals surface area contributed by atoms with Gasteiger partial charge in [-0.1, -0.05) is 23.9 Å². The number of aromatic nitrogens is 1. The number of sulfonamides is 1. The van der Waals surface area contributed by atoms with Crippen LogP contribution in [0.5, 0.6) is 0 Å². The molecule has 0 atom stereocenters. The fraction of sp³-hybridized carbons (Fsp3) is 0.217. The molecule has 0 aliphatic rings. The molecule has 0 aliphatic carbocycles. The molecule has 2 N–H and O–H groups in total. The Morgan fingerprint density at radius 1 is 1.06 bits per heavy atom. The van der Waals surface area contributed by atoms with E-state index in [0.29, 0.717) is 30.0 Å². The molecule has 2 aromatic carbocycles. The van der Waals surface area contributed by atoms with Gasteiger partial charge in [-0.3, -0.25) is 9.52 Å². The highest BCUT2D eigenvalue weighted by Gasteiger charge is 2.17. The summed E-state index contributed by atoms with van der Waals surface area (Å²) in [6, 6.07) is 15.9. The number of pyridine rings is 1. The Bertz CT molecular complexity index is 1180. The van der Waals surface area contributed by atoms with Crippen LogP contribution in [0.1, 0.15) is 21.5 Å². The van der Waals surface area contributed by atoms with Crippen LogP contribution in [0, 0.1) is 13.8 Å². The van der Waals surface area contributed by atoms with Crippen LogP contribution in [-0.2, 0) is 14.8 Å². The van der Waals surface area contributed by atoms with Gasteiger partial charge in [-0.25, -0.2) is 13.4 Å². The second-order valence-corrected chi connectivity index (χ2v) is 9.88. The molecular weight excluding hydrogens is 446 g/mol. The van der Waals surface area contributed by atoms with Crippen LogP contribution in [0.3, 0.4) is 0 Å². The number of nitrogens with one attached hydrogen (secondary N) is 2. The molecule has 0 unspecified atom stereocenters. The van der Waals surface area contributed by atoms with E-state index in [1.807, 2.05) is 25.1 Å². The zero-order chi connectivity index (χ0) is 23.1. The number of anilines is 1. The van der Waals surface area contributed by atoms with Crippen molar-refractivity contribution in [2.45, 2.75) is 28.7 Å². The summed E-state index contributed by atoms with van der Waals surface area (Å²) in [7, 11) is -2.10. The lowest BCUT2D eigenvalue weighted by Crippen LogP contribution is -2.26. The van der Waals surface area contributed by atoms with E-state index in [4.69, 9.17) is 4.74 Å². The largest absolute Gasteiger partial charge is 0.383 e. The quantitative estimate of drug-likeness (QED) is 0.458. The van der Waals surface area contributed by atoms with Crippen molar-refractivity contribution in [3.63, 3.8) is 0 Å². The van der Waals surface area contributed by atoms with E-state index >= 15 is 0 Å². The third-order valence-corrected chi connectivity index (χ3v) is 7.03. The van der Waals surface area contributed by atoms with Gasteiger partial charge in [0.05, 0.1) is 17.1 Å². The van der Waals surface area contributed by atoms with Gasteiger partial charge < -0.3 is 10.1 Å². The first kappa shape index (κ1) is 23.8. The van der Waals surface area contributed by atoms with Gasteiger partial charge in [-0.2, -0.15) is 0 Å². The van der Waals surface area contributed by atoms with Gasteiger partial charge in [0.15, 0.2) is 0 Å². The Labute approximate surface area is 192 Å². The highest BCUT2D eigenvalue weighted by atomic mass is 32.2. The number of carbonyl (C=O) groups excluding carboxylic acids is 1. The van der Waals surface area contributed by atoms with Crippen LogP contribution in [0.2, 0.25) is 0 Å². The van der Waals surface area contributed by atoms with Gasteiger partial charge >= 0.3 is 0 Å². The lowest BCUT2D eigenvalue weighted by molar-refractivity contribution is 0.0936. The van der Waals surface area contributed by atoms with Gasteiger partial charge in [-0.15, -0.1) is 0 Å². The van der Waals surface area contributed by atoms with E-state index in [0.717, 1.165) is 15.5 Å². The van der Waals surface area contributed by atoms with Crippen molar-refractivity contribution in [3.05, 3.63) is 77.5 Å². The van der Waals surface area contributed by atoms with Gasteiger partial charge in [-0.05, 0) is 67.4 Å². The van der Waals surface area contributed by atoms with Crippen LogP contribution in [0.25, 0.3) is 0 Å². The summed E-state index contributed by atoms with van der Waals surface area (Å²) in [6.07, 6.45) is 1.52. The Morgan fingerprint density at radius 3 is 2.47 bits per heavy atom. The highest BCUT2D eigenvalue weighted by Crippen LogP contribution is 2.28. The lowest BCUT2D eigenvalue weighted by Gasteiger charge is -2.11. The number of nitrogens with zero attached hydrogens (tertiary/aromatic N) is 1. The average Bonchev–Trinajstić information content (AvgIpc) is 2.77. The monoisotopic (exact) mass is 471 g/mol. The van der Waals surface area contributed by atoms with Crippen LogP contribution in [-0.4, -0.2) is 39.6 Å². The smallest absolute Gasteiger partial charge is 0.262 e. The summed E-state index contributed by atoms with van der Waals surface area (Å²) in [5, 5.41) is 3.47. The van der Waals surface area contributed by atoms with Crippen molar-refractivity contribution in [1.82, 2.24) is 10.3 Å². The first-order valence-corrected chi connectivity index (χ1v) is 12.2. The molecule has 32 heavy (non-hydrogen) atoms. The maximum absolute atomic E-state index is 12.8. The lowest BCUT2D eigenvalue weighted by atomic mass is 10.2. The number of carbonyl (C=O) groups is 1. The minimum absolute atomic E-state index is 0.202. The minimum atomic E-state index is -3.67. The van der Waals surface area contributed by atoms with Crippen molar-refractivity contribution in [1.29, 1.82) is 0 Å².